The number of furan rings is 1. The lowest BCUT2D eigenvalue weighted by atomic mass is 10.1. The van der Waals surface area contributed by atoms with Crippen LogP contribution in [0, 0.1) is 0 Å². The standard InChI is InChI=1S/C22H24N2O3/c1-22(2,3)27-21(25)24-11-7-10-18(24)20-13-17-19(26-20)12-16(14-23-17)15-8-5-4-6-9-15/h4-6,8-9,12-14,18H,7,10-11H2,1-3H3/t18-/m0/s1. The molecule has 3 aromatic rings. The number of aromatic nitrogens is 1. The van der Waals surface area contributed by atoms with Crippen molar-refractivity contribution in [3.05, 3.63) is 54.4 Å². The van der Waals surface area contributed by atoms with Crippen molar-refractivity contribution in [2.45, 2.75) is 45.3 Å². The van der Waals surface area contributed by atoms with Crippen LogP contribution in [0.1, 0.15) is 45.4 Å². The van der Waals surface area contributed by atoms with Crippen molar-refractivity contribution in [3.63, 3.8) is 0 Å². The lowest BCUT2D eigenvalue weighted by molar-refractivity contribution is 0.0209. The van der Waals surface area contributed by atoms with E-state index >= 15 is 0 Å². The van der Waals surface area contributed by atoms with E-state index in [9.17, 15) is 4.79 Å². The first-order valence-electron chi connectivity index (χ1n) is 9.35. The second-order valence-corrected chi connectivity index (χ2v) is 7.95. The SMILES string of the molecule is CC(C)(C)OC(=O)N1CCC[C@H]1c1cc2ncc(-c3ccccc3)cc2o1. The second-order valence-electron chi connectivity index (χ2n) is 7.95. The van der Waals surface area contributed by atoms with Gasteiger partial charge in [0.25, 0.3) is 0 Å². The topological polar surface area (TPSA) is 55.6 Å². The van der Waals surface area contributed by atoms with Gasteiger partial charge in [-0.3, -0.25) is 9.88 Å². The van der Waals surface area contributed by atoms with Crippen molar-refractivity contribution in [1.82, 2.24) is 9.88 Å². The fourth-order valence-electron chi connectivity index (χ4n) is 3.49. The molecule has 0 aliphatic carbocycles. The molecule has 1 aromatic carbocycles. The summed E-state index contributed by atoms with van der Waals surface area (Å²) in [7, 11) is 0. The summed E-state index contributed by atoms with van der Waals surface area (Å²) in [6.45, 7) is 6.32. The molecule has 2 aromatic heterocycles. The number of hydrogen-bond acceptors (Lipinski definition) is 4. The van der Waals surface area contributed by atoms with Gasteiger partial charge in [0.05, 0.1) is 6.04 Å². The van der Waals surface area contributed by atoms with Gasteiger partial charge in [-0.05, 0) is 45.2 Å². The number of rotatable bonds is 2. The summed E-state index contributed by atoms with van der Waals surface area (Å²) in [6, 6.07) is 13.9. The van der Waals surface area contributed by atoms with Crippen molar-refractivity contribution in [1.29, 1.82) is 0 Å². The highest BCUT2D eigenvalue weighted by atomic mass is 16.6. The van der Waals surface area contributed by atoms with Crippen LogP contribution in [0.2, 0.25) is 0 Å². The number of carbonyl (C=O) groups excluding carboxylic acids is 1. The molecule has 27 heavy (non-hydrogen) atoms. The fourth-order valence-corrected chi connectivity index (χ4v) is 3.49. The van der Waals surface area contributed by atoms with Crippen LogP contribution in [-0.2, 0) is 4.74 Å². The molecule has 140 valence electrons. The van der Waals surface area contributed by atoms with E-state index in [1.54, 1.807) is 4.90 Å². The molecule has 1 aliphatic heterocycles. The van der Waals surface area contributed by atoms with Gasteiger partial charge in [0.1, 0.15) is 16.9 Å². The zero-order valence-electron chi connectivity index (χ0n) is 15.9. The summed E-state index contributed by atoms with van der Waals surface area (Å²) in [5, 5.41) is 0. The van der Waals surface area contributed by atoms with Crippen molar-refractivity contribution in [2.75, 3.05) is 6.54 Å². The Kier molecular flexibility index (Phi) is 4.38. The Labute approximate surface area is 158 Å². The Hall–Kier alpha value is -2.82. The molecule has 5 heteroatoms. The summed E-state index contributed by atoms with van der Waals surface area (Å²) in [6.07, 6.45) is 3.37. The minimum absolute atomic E-state index is 0.103. The molecule has 0 spiro atoms. The molecular weight excluding hydrogens is 340 g/mol. The van der Waals surface area contributed by atoms with Crippen LogP contribution in [0.25, 0.3) is 22.2 Å². The highest BCUT2D eigenvalue weighted by Crippen LogP contribution is 2.36. The summed E-state index contributed by atoms with van der Waals surface area (Å²) in [5.74, 6) is 0.770. The number of nitrogens with zero attached hydrogens (tertiary/aromatic N) is 2. The molecule has 0 N–H and O–H groups in total. The largest absolute Gasteiger partial charge is 0.457 e. The number of carbonyl (C=O) groups is 1. The van der Waals surface area contributed by atoms with Crippen LogP contribution in [0.4, 0.5) is 4.79 Å². The second kappa shape index (κ2) is 6.72. The Morgan fingerprint density at radius 2 is 1.96 bits per heavy atom. The van der Waals surface area contributed by atoms with Gasteiger partial charge >= 0.3 is 6.09 Å². The number of ether oxygens (including phenoxy) is 1. The summed E-state index contributed by atoms with van der Waals surface area (Å²) >= 11 is 0. The number of benzene rings is 1. The number of amides is 1. The van der Waals surface area contributed by atoms with Crippen LogP contribution in [0.5, 0.6) is 0 Å². The first-order chi connectivity index (χ1) is 12.9. The van der Waals surface area contributed by atoms with Crippen molar-refractivity contribution in [3.8, 4) is 11.1 Å². The van der Waals surface area contributed by atoms with Gasteiger partial charge in [0, 0.05) is 24.4 Å². The Morgan fingerprint density at radius 1 is 1.19 bits per heavy atom. The van der Waals surface area contributed by atoms with Gasteiger partial charge in [-0.1, -0.05) is 30.3 Å². The van der Waals surface area contributed by atoms with Crippen LogP contribution in [0.3, 0.4) is 0 Å². The molecule has 4 rings (SSSR count). The molecule has 0 unspecified atom stereocenters. The van der Waals surface area contributed by atoms with E-state index in [1.165, 1.54) is 0 Å². The third-order valence-electron chi connectivity index (χ3n) is 4.70. The molecule has 0 radical (unpaired) electrons. The zero-order valence-corrected chi connectivity index (χ0v) is 15.9. The maximum atomic E-state index is 12.5. The first-order valence-corrected chi connectivity index (χ1v) is 9.35. The quantitative estimate of drug-likeness (QED) is 0.597. The molecular formula is C22H24N2O3. The third-order valence-corrected chi connectivity index (χ3v) is 4.70. The van der Waals surface area contributed by atoms with Gasteiger partial charge in [0.2, 0.25) is 0 Å². The molecule has 3 heterocycles. The van der Waals surface area contributed by atoms with E-state index in [0.717, 1.165) is 40.8 Å². The Morgan fingerprint density at radius 3 is 2.70 bits per heavy atom. The molecule has 0 bridgehead atoms. The Bertz CT molecular complexity index is 957. The minimum Gasteiger partial charge on any atom is -0.457 e. The van der Waals surface area contributed by atoms with Gasteiger partial charge < -0.3 is 9.15 Å². The lowest BCUT2D eigenvalue weighted by Crippen LogP contribution is -2.36. The van der Waals surface area contributed by atoms with Crippen LogP contribution >= 0.6 is 0 Å². The molecule has 1 fully saturated rings. The molecule has 1 amide bonds. The maximum Gasteiger partial charge on any atom is 0.410 e. The number of hydrogen-bond donors (Lipinski definition) is 0. The number of fused-ring (bicyclic) bond motifs is 1. The Balaban J connectivity index is 1.62. The average Bonchev–Trinajstić information content (AvgIpc) is 3.27. The summed E-state index contributed by atoms with van der Waals surface area (Å²) in [4.78, 5) is 18.9. The number of likely N-dealkylation sites (tertiary alicyclic amines) is 1. The molecule has 1 atom stereocenters. The molecule has 5 nitrogen and oxygen atoms in total. The lowest BCUT2D eigenvalue weighted by Gasteiger charge is -2.27. The average molecular weight is 364 g/mol. The highest BCUT2D eigenvalue weighted by Gasteiger charge is 2.35. The smallest absolute Gasteiger partial charge is 0.410 e. The normalized spacial score (nSPS) is 17.4. The molecule has 1 aliphatic rings. The third kappa shape index (κ3) is 3.68. The maximum absolute atomic E-state index is 12.5. The zero-order chi connectivity index (χ0) is 19.0. The first kappa shape index (κ1) is 17.6. The number of pyridine rings is 1. The van der Waals surface area contributed by atoms with E-state index in [0.29, 0.717) is 6.54 Å². The van der Waals surface area contributed by atoms with E-state index in [4.69, 9.17) is 9.15 Å². The summed E-state index contributed by atoms with van der Waals surface area (Å²) in [5.41, 5.74) is 3.15. The van der Waals surface area contributed by atoms with Crippen molar-refractivity contribution < 1.29 is 13.9 Å². The fraction of sp³-hybridized carbons (Fsp3) is 0.364. The van der Waals surface area contributed by atoms with E-state index in [1.807, 2.05) is 69.4 Å². The van der Waals surface area contributed by atoms with Crippen LogP contribution < -0.4 is 0 Å². The van der Waals surface area contributed by atoms with Crippen molar-refractivity contribution >= 4 is 17.2 Å². The summed E-state index contributed by atoms with van der Waals surface area (Å²) < 4.78 is 11.7. The van der Waals surface area contributed by atoms with E-state index < -0.39 is 5.60 Å². The van der Waals surface area contributed by atoms with Gasteiger partial charge in [-0.2, -0.15) is 0 Å². The van der Waals surface area contributed by atoms with E-state index in [2.05, 4.69) is 4.98 Å². The molecule has 1 saturated heterocycles. The monoisotopic (exact) mass is 364 g/mol. The van der Waals surface area contributed by atoms with Crippen LogP contribution in [0.15, 0.2) is 53.1 Å². The van der Waals surface area contributed by atoms with Gasteiger partial charge in [0.15, 0.2) is 5.58 Å². The van der Waals surface area contributed by atoms with E-state index in [-0.39, 0.29) is 12.1 Å². The van der Waals surface area contributed by atoms with Gasteiger partial charge in [-0.15, -0.1) is 0 Å². The molecule has 0 saturated carbocycles. The highest BCUT2D eigenvalue weighted by molar-refractivity contribution is 5.80. The van der Waals surface area contributed by atoms with Crippen molar-refractivity contribution in [2.24, 2.45) is 0 Å². The van der Waals surface area contributed by atoms with Crippen LogP contribution in [-0.4, -0.2) is 28.1 Å². The van der Waals surface area contributed by atoms with Gasteiger partial charge in [-0.25, -0.2) is 4.79 Å². The minimum atomic E-state index is -0.510. The predicted molar refractivity (Wildman–Crippen MR) is 104 cm³/mol. The predicted octanol–water partition coefficient (Wildman–Crippen LogP) is 5.57.